The van der Waals surface area contributed by atoms with Crippen molar-refractivity contribution in [3.63, 3.8) is 0 Å². The van der Waals surface area contributed by atoms with Gasteiger partial charge in [-0.05, 0) is 235 Å². The molecular formula is C88H113N15O18. The molecular weight excluding hydrogens is 1560 g/mol. The van der Waals surface area contributed by atoms with E-state index in [0.29, 0.717) is 110 Å². The van der Waals surface area contributed by atoms with E-state index >= 15 is 0 Å². The van der Waals surface area contributed by atoms with Crippen molar-refractivity contribution in [3.05, 3.63) is 144 Å². The van der Waals surface area contributed by atoms with Crippen LogP contribution in [0.4, 0.5) is 0 Å². The van der Waals surface area contributed by atoms with Crippen LogP contribution in [0.2, 0.25) is 0 Å². The summed E-state index contributed by atoms with van der Waals surface area (Å²) >= 11 is 0. The van der Waals surface area contributed by atoms with Gasteiger partial charge in [0.25, 0.3) is 35.4 Å². The number of hydrogen-bond acceptors (Lipinski definition) is 24. The maximum Gasteiger partial charge on any atom is 0.325 e. The molecule has 33 heteroatoms. The van der Waals surface area contributed by atoms with Crippen LogP contribution in [0.1, 0.15) is 185 Å². The van der Waals surface area contributed by atoms with Gasteiger partial charge in [0.05, 0.1) is 34.2 Å². The average molecular weight is 1670 g/mol. The maximum absolute atomic E-state index is 13.3. The molecule has 12 heterocycles. The molecule has 15 rings (SSSR count). The third-order valence-corrected chi connectivity index (χ3v) is 21.3. The molecule has 3 fully saturated rings. The first-order valence-corrected chi connectivity index (χ1v) is 41.3. The number of esters is 3. The molecule has 33 nitrogen and oxygen atoms in total. The van der Waals surface area contributed by atoms with E-state index in [4.69, 9.17) is 33.4 Å². The van der Waals surface area contributed by atoms with Gasteiger partial charge in [-0.1, -0.05) is 59.7 Å². The Morgan fingerprint density at radius 2 is 0.620 bits per heavy atom. The molecule has 121 heavy (non-hydrogen) atoms. The third-order valence-electron chi connectivity index (χ3n) is 21.3. The predicted octanol–water partition coefficient (Wildman–Crippen LogP) is 7.21. The lowest BCUT2D eigenvalue weighted by molar-refractivity contribution is -0.158. The fourth-order valence-corrected chi connectivity index (χ4v) is 14.0. The summed E-state index contributed by atoms with van der Waals surface area (Å²) in [6.45, 7) is 28.4. The summed E-state index contributed by atoms with van der Waals surface area (Å²) in [5.74, 6) is -4.88. The van der Waals surface area contributed by atoms with Crippen LogP contribution in [0.5, 0.6) is 17.2 Å². The molecule has 9 aliphatic rings. The van der Waals surface area contributed by atoms with Gasteiger partial charge in [-0.25, -0.2) is 31.2 Å². The Morgan fingerprint density at radius 1 is 0.339 bits per heavy atom. The minimum atomic E-state index is -1.29. The largest absolute Gasteiger partial charge is 0.481 e. The normalized spacial score (nSPS) is 26.4. The molecule has 18 bridgehead atoms. The number of rotatable bonds is 3. The quantitative estimate of drug-likeness (QED) is 0.0479. The minimum Gasteiger partial charge on any atom is -0.481 e. The van der Waals surface area contributed by atoms with Crippen LogP contribution < -0.4 is 62.4 Å². The number of hydrazine groups is 3. The number of nitrogens with one attached hydrogen (secondary N) is 9. The number of carbonyl (C=O) groups is 12. The van der Waals surface area contributed by atoms with Crippen molar-refractivity contribution in [3.8, 4) is 51.0 Å². The van der Waals surface area contributed by atoms with Crippen molar-refractivity contribution in [2.45, 2.75) is 240 Å². The van der Waals surface area contributed by atoms with E-state index in [1.807, 2.05) is 72.8 Å². The van der Waals surface area contributed by atoms with Crippen LogP contribution in [-0.4, -0.2) is 193 Å². The number of pyridine rings is 3. The molecule has 0 radical (unpaired) electrons. The highest BCUT2D eigenvalue weighted by molar-refractivity contribution is 5.96. The second-order valence-electron chi connectivity index (χ2n) is 32.6. The standard InChI is InChI=1S/C30H39N5O6.2C29H37N5O6/c1-17(2)25-26(36)31-18(3)27(37)35-16-8-11-24(34-35)28(38)40-19(4)22-9-7-10-23(32-22)20-12-14-21(15-13-20)41-30(5,6)29(39)33-25;2*1-16(2)25-27(36)30-17(3)28(37)34-15-7-10-24(33-34)29(38)40-18(4)22-8-6-9-23(31-22)20-11-13-21(14-12-20)39-19(5)26(35)32-25/h7,9-10,12-15,17-19,24-25,34H,8,11,16H2,1-6H3,(H,31,36)(H,33,39);2*6,8-9,11-14,16-19,24-25,33H,7,10,15H2,1-5H3,(H,30,36)(H,32,35)/t18-,19+,24-,25-;17-,18+,19+,24-,25-;17-,18+,19-,24-,25-/m000/s1. The summed E-state index contributed by atoms with van der Waals surface area (Å²) in [7, 11) is 0. The van der Waals surface area contributed by atoms with Crippen LogP contribution in [-0.2, 0) is 71.7 Å². The average Bonchev–Trinajstić information content (AvgIpc) is 0.817. The zero-order valence-electron chi connectivity index (χ0n) is 71.3. The summed E-state index contributed by atoms with van der Waals surface area (Å²) in [4.78, 5) is 171. The molecule has 0 spiro atoms. The number of amides is 9. The number of ether oxygens (including phenoxy) is 6. The second kappa shape index (κ2) is 40.9. The van der Waals surface area contributed by atoms with Crippen molar-refractivity contribution >= 4 is 71.1 Å². The molecule has 9 amide bonds. The molecule has 0 aliphatic carbocycles. The fourth-order valence-electron chi connectivity index (χ4n) is 14.0. The van der Waals surface area contributed by atoms with Gasteiger partial charge in [0.1, 0.15) is 89.9 Å². The number of hydrogen-bond donors (Lipinski definition) is 9. The van der Waals surface area contributed by atoms with Gasteiger partial charge >= 0.3 is 17.9 Å². The van der Waals surface area contributed by atoms with Gasteiger partial charge in [0.2, 0.25) is 17.7 Å². The van der Waals surface area contributed by atoms with Crippen LogP contribution >= 0.6 is 0 Å². The van der Waals surface area contributed by atoms with E-state index in [-0.39, 0.29) is 17.8 Å². The first kappa shape index (κ1) is 91.3. The lowest BCUT2D eigenvalue weighted by atomic mass is 10.0. The van der Waals surface area contributed by atoms with E-state index in [2.05, 4.69) is 58.1 Å². The molecule has 6 aromatic rings. The van der Waals surface area contributed by atoms with Gasteiger partial charge in [0.15, 0.2) is 17.8 Å². The second-order valence-corrected chi connectivity index (χ2v) is 32.6. The number of nitrogens with zero attached hydrogens (tertiary/aromatic N) is 6. The molecule has 3 aromatic carbocycles. The van der Waals surface area contributed by atoms with Gasteiger partial charge in [-0.2, -0.15) is 0 Å². The Hall–Kier alpha value is -12.0. The molecule has 3 saturated heterocycles. The Balaban J connectivity index is 0.000000190. The summed E-state index contributed by atoms with van der Waals surface area (Å²) in [5.41, 5.74) is 13.8. The first-order chi connectivity index (χ1) is 57.4. The number of benzene rings is 3. The topological polar surface area (TPSA) is 417 Å². The zero-order valence-corrected chi connectivity index (χ0v) is 71.3. The smallest absolute Gasteiger partial charge is 0.325 e. The van der Waals surface area contributed by atoms with Gasteiger partial charge in [-0.3, -0.25) is 72.6 Å². The van der Waals surface area contributed by atoms with Crippen LogP contribution in [0.25, 0.3) is 33.8 Å². The van der Waals surface area contributed by atoms with E-state index in [1.54, 1.807) is 165 Å². The Bertz CT molecular complexity index is 4530. The number of carbonyl (C=O) groups excluding carboxylic acids is 12. The fraction of sp³-hybridized carbons (Fsp3) is 0.489. The summed E-state index contributed by atoms with van der Waals surface area (Å²) < 4.78 is 34.9. The Morgan fingerprint density at radius 3 is 0.909 bits per heavy atom. The number of fused-ring (bicyclic) bond motifs is 36. The SMILES string of the molecule is CC(C)[C@@H]1NC(=O)C(C)(C)Oc2ccc(cc2)-c2cccc(n2)[C@@H](C)OC(=O)[C@@H]2CCCN(N2)C(=O)[C@H](C)NC1=O.CC(C)[C@@H]1NC(=O)[C@@H](C)Oc2ccc(cc2)-c2cccc(n2)[C@@H](C)OC(=O)[C@@H]2CCCN(N2)C(=O)[C@H](C)NC1=O.CC(C)[C@@H]1NC(=O)[C@H](C)Oc2ccc(cc2)-c2cccc(n2)[C@@H](C)OC(=O)[C@@H]2CCCN(N2)C(=O)[C@H](C)NC1=O. The molecule has 14 atom stereocenters. The van der Waals surface area contributed by atoms with Crippen molar-refractivity contribution < 1.29 is 86.0 Å². The summed E-state index contributed by atoms with van der Waals surface area (Å²) in [5, 5.41) is 20.5. The van der Waals surface area contributed by atoms with Crippen LogP contribution in [0, 0.1) is 17.8 Å². The first-order valence-electron chi connectivity index (χ1n) is 41.3. The molecule has 0 unspecified atom stereocenters. The van der Waals surface area contributed by atoms with Crippen molar-refractivity contribution in [2.75, 3.05) is 19.6 Å². The lowest BCUT2D eigenvalue weighted by Gasteiger charge is -2.35. The molecule has 9 N–H and O–H groups in total. The Labute approximate surface area is 704 Å². The van der Waals surface area contributed by atoms with Gasteiger partial charge < -0.3 is 60.3 Å². The van der Waals surface area contributed by atoms with E-state index in [9.17, 15) is 57.5 Å². The highest BCUT2D eigenvalue weighted by atomic mass is 16.6. The Kier molecular flexibility index (Phi) is 30.8. The van der Waals surface area contributed by atoms with E-state index in [1.165, 1.54) is 15.0 Å². The van der Waals surface area contributed by atoms with E-state index < -0.39 is 162 Å². The molecule has 0 saturated carbocycles. The van der Waals surface area contributed by atoms with Gasteiger partial charge in [-0.15, -0.1) is 0 Å². The lowest BCUT2D eigenvalue weighted by Crippen LogP contribution is -2.61. The van der Waals surface area contributed by atoms with Crippen molar-refractivity contribution in [1.29, 1.82) is 0 Å². The molecule has 9 aliphatic heterocycles. The van der Waals surface area contributed by atoms with Crippen LogP contribution in [0.3, 0.4) is 0 Å². The predicted molar refractivity (Wildman–Crippen MR) is 444 cm³/mol. The maximum atomic E-state index is 13.3. The minimum absolute atomic E-state index is 0.249. The van der Waals surface area contributed by atoms with Crippen LogP contribution in [0.15, 0.2) is 127 Å². The summed E-state index contributed by atoms with van der Waals surface area (Å²) in [6.07, 6.45) is -0.369. The zero-order chi connectivity index (χ0) is 87.8. The summed E-state index contributed by atoms with van der Waals surface area (Å²) in [6, 6.07) is 30.4. The highest BCUT2D eigenvalue weighted by Gasteiger charge is 2.41. The molecule has 648 valence electrons. The number of aromatic nitrogens is 3. The van der Waals surface area contributed by atoms with Gasteiger partial charge in [0, 0.05) is 36.3 Å². The van der Waals surface area contributed by atoms with Crippen molar-refractivity contribution in [1.82, 2.24) is 78.2 Å². The monoisotopic (exact) mass is 1670 g/mol. The van der Waals surface area contributed by atoms with Crippen molar-refractivity contribution in [2.24, 2.45) is 17.8 Å². The van der Waals surface area contributed by atoms with E-state index in [0.717, 1.165) is 16.7 Å². The highest BCUT2D eigenvalue weighted by Crippen LogP contribution is 2.31. The third kappa shape index (κ3) is 24.0. The molecule has 3 aromatic heterocycles.